The molecule has 0 amide bonds. The fourth-order valence-electron chi connectivity index (χ4n) is 3.25. The van der Waals surface area contributed by atoms with Crippen molar-refractivity contribution in [1.29, 1.82) is 0 Å². The minimum atomic E-state index is -3.65. The van der Waals surface area contributed by atoms with Crippen LogP contribution in [0.2, 0.25) is 0 Å². The van der Waals surface area contributed by atoms with Gasteiger partial charge in [0.05, 0.1) is 12.0 Å². The minimum absolute atomic E-state index is 0. The molecule has 124 valence electrons. The first-order valence-electron chi connectivity index (χ1n) is 7.10. The van der Waals surface area contributed by atoms with Crippen LogP contribution in [0.3, 0.4) is 0 Å². The summed E-state index contributed by atoms with van der Waals surface area (Å²) in [5, 5.41) is 3.47. The van der Waals surface area contributed by atoms with E-state index in [1.165, 1.54) is 19.2 Å². The number of piperidine rings is 1. The number of ether oxygens (including phenoxy) is 1. The van der Waals surface area contributed by atoms with Gasteiger partial charge in [-0.3, -0.25) is 0 Å². The smallest absolute Gasteiger partial charge is 0.240 e. The summed E-state index contributed by atoms with van der Waals surface area (Å²) in [6.07, 6.45) is 3.81. The lowest BCUT2D eigenvalue weighted by molar-refractivity contribution is 0.345. The van der Waals surface area contributed by atoms with Gasteiger partial charge >= 0.3 is 0 Å². The predicted molar refractivity (Wildman–Crippen MR) is 83.5 cm³/mol. The topological polar surface area (TPSA) is 67.4 Å². The van der Waals surface area contributed by atoms with Gasteiger partial charge in [0.15, 0.2) is 11.6 Å². The lowest BCUT2D eigenvalue weighted by Crippen LogP contribution is -2.47. The van der Waals surface area contributed by atoms with Crippen molar-refractivity contribution >= 4 is 22.4 Å². The van der Waals surface area contributed by atoms with Crippen LogP contribution in [0.25, 0.3) is 0 Å². The van der Waals surface area contributed by atoms with Crippen molar-refractivity contribution in [3.63, 3.8) is 0 Å². The number of benzene rings is 1. The molecule has 0 aliphatic carbocycles. The maximum atomic E-state index is 13.4. The molecule has 2 N–H and O–H groups in total. The van der Waals surface area contributed by atoms with Crippen molar-refractivity contribution in [3.05, 3.63) is 24.0 Å². The van der Waals surface area contributed by atoms with E-state index in [9.17, 15) is 12.8 Å². The fraction of sp³-hybridized carbons (Fsp3) is 0.571. The molecular weight excluding hydrogens is 331 g/mol. The zero-order valence-electron chi connectivity index (χ0n) is 12.2. The fourth-order valence-corrected chi connectivity index (χ4v) is 4.52. The van der Waals surface area contributed by atoms with E-state index < -0.39 is 15.8 Å². The number of hydrogen-bond acceptors (Lipinski definition) is 4. The molecule has 0 radical (unpaired) electrons. The number of halogens is 2. The molecule has 2 heterocycles. The Bertz CT molecular complexity index is 629. The lowest BCUT2D eigenvalue weighted by atomic mass is 10.0. The average Bonchev–Trinajstić information content (AvgIpc) is 2.78. The quantitative estimate of drug-likeness (QED) is 0.869. The number of sulfonamides is 1. The lowest BCUT2D eigenvalue weighted by Gasteiger charge is -2.29. The molecule has 0 aromatic heterocycles. The molecule has 5 nitrogen and oxygen atoms in total. The molecule has 2 fully saturated rings. The molecule has 2 saturated heterocycles. The van der Waals surface area contributed by atoms with Crippen LogP contribution in [0, 0.1) is 5.82 Å². The molecule has 0 saturated carbocycles. The van der Waals surface area contributed by atoms with Crippen molar-refractivity contribution < 1.29 is 17.5 Å². The zero-order valence-corrected chi connectivity index (χ0v) is 13.8. The van der Waals surface area contributed by atoms with E-state index in [0.29, 0.717) is 12.1 Å². The van der Waals surface area contributed by atoms with Crippen molar-refractivity contribution in [2.75, 3.05) is 7.11 Å². The second kappa shape index (κ2) is 6.70. The monoisotopic (exact) mass is 350 g/mol. The Morgan fingerprint density at radius 2 is 1.91 bits per heavy atom. The van der Waals surface area contributed by atoms with E-state index in [1.54, 1.807) is 0 Å². The Kier molecular flexibility index (Phi) is 5.32. The highest BCUT2D eigenvalue weighted by Crippen LogP contribution is 2.28. The van der Waals surface area contributed by atoms with Gasteiger partial charge < -0.3 is 10.1 Å². The van der Waals surface area contributed by atoms with E-state index >= 15 is 0 Å². The summed E-state index contributed by atoms with van der Waals surface area (Å²) in [7, 11) is -2.34. The van der Waals surface area contributed by atoms with Gasteiger partial charge in [0, 0.05) is 24.2 Å². The second-order valence-corrected chi connectivity index (χ2v) is 7.44. The number of fused-ring (bicyclic) bond motifs is 2. The van der Waals surface area contributed by atoms with Gasteiger partial charge in [-0.05, 0) is 37.8 Å². The summed E-state index contributed by atoms with van der Waals surface area (Å²) in [5.74, 6) is -0.639. The van der Waals surface area contributed by atoms with Gasteiger partial charge in [-0.2, -0.15) is 0 Å². The van der Waals surface area contributed by atoms with Crippen molar-refractivity contribution in [3.8, 4) is 5.75 Å². The molecule has 1 aromatic carbocycles. The Hall–Kier alpha value is -0.890. The Morgan fingerprint density at radius 3 is 2.50 bits per heavy atom. The first-order chi connectivity index (χ1) is 9.98. The Balaban J connectivity index is 0.00000176. The van der Waals surface area contributed by atoms with Crippen LogP contribution in [-0.2, 0) is 10.0 Å². The molecule has 2 unspecified atom stereocenters. The van der Waals surface area contributed by atoms with E-state index in [1.807, 2.05) is 0 Å². The molecule has 2 atom stereocenters. The third-order valence-electron chi connectivity index (χ3n) is 4.23. The van der Waals surface area contributed by atoms with E-state index in [4.69, 9.17) is 4.74 Å². The molecular formula is C14H20ClFN2O3S. The van der Waals surface area contributed by atoms with Crippen LogP contribution in [0.1, 0.15) is 25.7 Å². The van der Waals surface area contributed by atoms with Crippen LogP contribution >= 0.6 is 12.4 Å². The number of hydrogen-bond donors (Lipinski definition) is 2. The number of methoxy groups -OCH3 is 1. The molecule has 1 aromatic rings. The van der Waals surface area contributed by atoms with E-state index in [-0.39, 0.29) is 29.1 Å². The molecule has 2 aliphatic rings. The zero-order chi connectivity index (χ0) is 15.0. The predicted octanol–water partition coefficient (Wildman–Crippen LogP) is 1.82. The molecule has 22 heavy (non-hydrogen) atoms. The molecule has 2 aliphatic heterocycles. The summed E-state index contributed by atoms with van der Waals surface area (Å²) >= 11 is 0. The summed E-state index contributed by atoms with van der Waals surface area (Å²) in [6.45, 7) is 0. The van der Waals surface area contributed by atoms with Crippen LogP contribution in [-0.4, -0.2) is 33.7 Å². The van der Waals surface area contributed by atoms with Crippen molar-refractivity contribution in [2.45, 2.75) is 48.7 Å². The molecule has 8 heteroatoms. The summed E-state index contributed by atoms with van der Waals surface area (Å²) in [4.78, 5) is 0.0339. The van der Waals surface area contributed by atoms with Crippen LogP contribution in [0.5, 0.6) is 5.75 Å². The van der Waals surface area contributed by atoms with Gasteiger partial charge in [0.25, 0.3) is 0 Å². The van der Waals surface area contributed by atoms with Gasteiger partial charge in [-0.15, -0.1) is 12.4 Å². The average molecular weight is 351 g/mol. The highest BCUT2D eigenvalue weighted by molar-refractivity contribution is 7.89. The van der Waals surface area contributed by atoms with Crippen molar-refractivity contribution in [2.24, 2.45) is 0 Å². The molecule has 3 rings (SSSR count). The second-order valence-electron chi connectivity index (χ2n) is 5.72. The first kappa shape index (κ1) is 17.5. The van der Waals surface area contributed by atoms with Gasteiger partial charge in [0.2, 0.25) is 10.0 Å². The largest absolute Gasteiger partial charge is 0.494 e. The summed E-state index contributed by atoms with van der Waals surface area (Å²) in [6, 6.07) is 4.33. The summed E-state index contributed by atoms with van der Waals surface area (Å²) in [5.41, 5.74) is 0. The highest BCUT2D eigenvalue weighted by Gasteiger charge is 2.35. The third-order valence-corrected chi connectivity index (χ3v) is 5.75. The van der Waals surface area contributed by atoms with Gasteiger partial charge in [-0.25, -0.2) is 17.5 Å². The number of nitrogens with one attached hydrogen (secondary N) is 2. The molecule has 0 spiro atoms. The summed E-state index contributed by atoms with van der Waals surface area (Å²) < 4.78 is 45.8. The van der Waals surface area contributed by atoms with Gasteiger partial charge in [-0.1, -0.05) is 0 Å². The Labute approximate surface area is 136 Å². The SMILES string of the molecule is COc1cc(S(=O)(=O)NC2CC3CCC(C2)N3)ccc1F.Cl. The highest BCUT2D eigenvalue weighted by atomic mass is 35.5. The van der Waals surface area contributed by atoms with Crippen LogP contribution in [0.4, 0.5) is 4.39 Å². The minimum Gasteiger partial charge on any atom is -0.494 e. The molecule has 2 bridgehead atoms. The normalized spacial score (nSPS) is 27.3. The maximum absolute atomic E-state index is 13.4. The van der Waals surface area contributed by atoms with Crippen LogP contribution in [0.15, 0.2) is 23.1 Å². The maximum Gasteiger partial charge on any atom is 0.240 e. The Morgan fingerprint density at radius 1 is 1.27 bits per heavy atom. The number of rotatable bonds is 4. The third kappa shape index (κ3) is 3.53. The van der Waals surface area contributed by atoms with Crippen LogP contribution < -0.4 is 14.8 Å². The van der Waals surface area contributed by atoms with Crippen molar-refractivity contribution in [1.82, 2.24) is 10.0 Å². The standard InChI is InChI=1S/C14H19FN2O3S.ClH/c1-20-14-8-12(4-5-13(14)15)21(18,19)17-11-6-9-2-3-10(7-11)16-9;/h4-5,8-11,16-17H,2-3,6-7H2,1H3;1H. The van der Waals surface area contributed by atoms with E-state index in [2.05, 4.69) is 10.0 Å². The first-order valence-corrected chi connectivity index (χ1v) is 8.58. The van der Waals surface area contributed by atoms with E-state index in [0.717, 1.165) is 31.7 Å². The van der Waals surface area contributed by atoms with Gasteiger partial charge in [0.1, 0.15) is 0 Å².